The third-order valence-electron chi connectivity index (χ3n) is 4.48. The van der Waals surface area contributed by atoms with Gasteiger partial charge in [0.1, 0.15) is 18.5 Å². The van der Waals surface area contributed by atoms with Gasteiger partial charge in [-0.1, -0.05) is 12.1 Å². The summed E-state index contributed by atoms with van der Waals surface area (Å²) in [5.74, 6) is -0.261. The van der Waals surface area contributed by atoms with E-state index in [2.05, 4.69) is 10.1 Å². The summed E-state index contributed by atoms with van der Waals surface area (Å²) in [6.45, 7) is 4.00. The molecule has 2 aliphatic heterocycles. The van der Waals surface area contributed by atoms with Gasteiger partial charge in [0, 0.05) is 19.7 Å². The van der Waals surface area contributed by atoms with Crippen LogP contribution < -0.4 is 5.32 Å². The van der Waals surface area contributed by atoms with Gasteiger partial charge in [-0.05, 0) is 31.5 Å². The number of hydrogen-bond donors (Lipinski definition) is 1. The Morgan fingerprint density at radius 2 is 1.93 bits per heavy atom. The van der Waals surface area contributed by atoms with Crippen molar-refractivity contribution < 1.29 is 31.5 Å². The number of carbonyl (C=O) groups excluding carboxylic acids is 1. The zero-order chi connectivity index (χ0) is 21.1. The van der Waals surface area contributed by atoms with E-state index >= 15 is 0 Å². The van der Waals surface area contributed by atoms with Gasteiger partial charge < -0.3 is 14.4 Å². The summed E-state index contributed by atoms with van der Waals surface area (Å²) < 4.78 is 58.3. The molecule has 28 heavy (non-hydrogen) atoms. The van der Waals surface area contributed by atoms with Crippen LogP contribution in [0.5, 0.6) is 0 Å². The van der Waals surface area contributed by atoms with E-state index in [4.69, 9.17) is 4.74 Å². The molecule has 2 aliphatic rings. The van der Waals surface area contributed by atoms with Crippen LogP contribution in [-0.2, 0) is 24.1 Å². The van der Waals surface area contributed by atoms with Crippen LogP contribution in [0.4, 0.5) is 8.78 Å². The largest absolute Gasteiger partial charge is 0.346 e. The molecule has 2 fully saturated rings. The highest BCUT2D eigenvalue weighted by atomic mass is 32.2. The number of nitrogens with one attached hydrogen (secondary N) is 1. The van der Waals surface area contributed by atoms with Crippen LogP contribution in [0, 0.1) is 0 Å². The van der Waals surface area contributed by atoms with Crippen molar-refractivity contribution in [2.75, 3.05) is 26.1 Å². The zero-order valence-electron chi connectivity index (χ0n) is 16.3. The van der Waals surface area contributed by atoms with Gasteiger partial charge in [-0.15, -0.1) is 0 Å². The highest BCUT2D eigenvalue weighted by molar-refractivity contribution is 7.90. The molecule has 1 unspecified atom stereocenters. The standard InChI is InChI=1S/C15H20FNO4S.C3H6FNO/c1-10(18)17-13(9-16)14(21-15(17,2)3)11-5-7-12(8-6-11)22(4,19)20;4-3-5-1-2-6-3/h5-8,13-14H,9H2,1-4H3;3,5H,1-2H2/t13-,14-;/m1./s1. The molecule has 1 aromatic rings. The Hall–Kier alpha value is -1.62. The lowest BCUT2D eigenvalue weighted by Crippen LogP contribution is -2.47. The normalized spacial score (nSPS) is 26.6. The first-order valence-electron chi connectivity index (χ1n) is 8.80. The van der Waals surface area contributed by atoms with Crippen LogP contribution in [-0.4, -0.2) is 63.6 Å². The van der Waals surface area contributed by atoms with Gasteiger partial charge in [-0.25, -0.2) is 12.8 Å². The van der Waals surface area contributed by atoms with E-state index in [1.54, 1.807) is 26.0 Å². The first-order valence-corrected chi connectivity index (χ1v) is 10.7. The summed E-state index contributed by atoms with van der Waals surface area (Å²) in [5.41, 5.74) is -0.269. The number of halogens is 2. The number of carbonyl (C=O) groups is 1. The lowest BCUT2D eigenvalue weighted by atomic mass is 10.0. The maximum absolute atomic E-state index is 13.5. The van der Waals surface area contributed by atoms with E-state index < -0.39 is 40.9 Å². The van der Waals surface area contributed by atoms with Gasteiger partial charge in [-0.2, -0.15) is 4.39 Å². The second-order valence-electron chi connectivity index (χ2n) is 7.08. The molecule has 7 nitrogen and oxygen atoms in total. The predicted octanol–water partition coefficient (Wildman–Crippen LogP) is 1.94. The van der Waals surface area contributed by atoms with Crippen LogP contribution in [0.3, 0.4) is 0 Å². The molecule has 1 amide bonds. The Morgan fingerprint density at radius 3 is 2.29 bits per heavy atom. The minimum atomic E-state index is -3.29. The van der Waals surface area contributed by atoms with Gasteiger partial charge in [0.2, 0.25) is 5.91 Å². The molecule has 2 heterocycles. The maximum Gasteiger partial charge on any atom is 0.255 e. The number of nitrogens with zero attached hydrogens (tertiary/aromatic N) is 1. The third-order valence-corrected chi connectivity index (χ3v) is 5.61. The minimum absolute atomic E-state index is 0.189. The lowest BCUT2D eigenvalue weighted by Gasteiger charge is -2.31. The van der Waals surface area contributed by atoms with Crippen molar-refractivity contribution in [3.05, 3.63) is 29.8 Å². The number of hydrogen-bond acceptors (Lipinski definition) is 6. The number of benzene rings is 1. The molecule has 0 bridgehead atoms. The zero-order valence-corrected chi connectivity index (χ0v) is 17.1. The molecule has 1 N–H and O–H groups in total. The van der Waals surface area contributed by atoms with Crippen molar-refractivity contribution in [3.8, 4) is 0 Å². The van der Waals surface area contributed by atoms with Crippen LogP contribution in [0.15, 0.2) is 29.2 Å². The Bertz CT molecular complexity index is 780. The summed E-state index contributed by atoms with van der Waals surface area (Å²) in [7, 11) is -3.29. The highest BCUT2D eigenvalue weighted by Gasteiger charge is 2.49. The Morgan fingerprint density at radius 1 is 1.32 bits per heavy atom. The summed E-state index contributed by atoms with van der Waals surface area (Å²) in [6.07, 6.45) is 0.497. The molecule has 10 heteroatoms. The quantitative estimate of drug-likeness (QED) is 0.753. The lowest BCUT2D eigenvalue weighted by molar-refractivity contribution is -0.145. The number of amides is 1. The van der Waals surface area contributed by atoms with Crippen molar-refractivity contribution in [3.63, 3.8) is 0 Å². The number of rotatable bonds is 3. The Kier molecular flexibility index (Phi) is 7.13. The molecule has 0 aromatic heterocycles. The van der Waals surface area contributed by atoms with Gasteiger partial charge in [-0.3, -0.25) is 10.1 Å². The molecular weight excluding hydrogens is 394 g/mol. The molecular formula is C18H26F2N2O5S. The number of alkyl halides is 2. The molecule has 0 saturated carbocycles. The van der Waals surface area contributed by atoms with Gasteiger partial charge >= 0.3 is 0 Å². The highest BCUT2D eigenvalue weighted by Crippen LogP contribution is 2.41. The van der Waals surface area contributed by atoms with Crippen LogP contribution in [0.25, 0.3) is 0 Å². The molecule has 0 aliphatic carbocycles. The molecule has 158 valence electrons. The molecule has 3 rings (SSSR count). The van der Waals surface area contributed by atoms with Crippen molar-refractivity contribution in [1.29, 1.82) is 0 Å². The van der Waals surface area contributed by atoms with Crippen LogP contribution >= 0.6 is 0 Å². The molecule has 0 spiro atoms. The first-order chi connectivity index (χ1) is 13.0. The van der Waals surface area contributed by atoms with Crippen LogP contribution in [0.1, 0.15) is 32.4 Å². The first kappa shape index (κ1) is 22.7. The van der Waals surface area contributed by atoms with Gasteiger partial charge in [0.25, 0.3) is 6.48 Å². The van der Waals surface area contributed by atoms with E-state index in [-0.39, 0.29) is 10.8 Å². The summed E-state index contributed by atoms with van der Waals surface area (Å²) in [5, 5.41) is 2.43. The molecule has 2 saturated heterocycles. The molecule has 3 atom stereocenters. The van der Waals surface area contributed by atoms with E-state index in [0.29, 0.717) is 18.7 Å². The third kappa shape index (κ3) is 5.25. The number of ether oxygens (including phenoxy) is 2. The second-order valence-corrected chi connectivity index (χ2v) is 9.09. The van der Waals surface area contributed by atoms with Gasteiger partial charge in [0.15, 0.2) is 9.84 Å². The monoisotopic (exact) mass is 420 g/mol. The SMILES string of the molecule is CC(=O)N1[C@H](CF)[C@@H](c2ccc(S(C)(=O)=O)cc2)OC1(C)C.FC1NCCO1. The topological polar surface area (TPSA) is 84.9 Å². The molecule has 1 aromatic carbocycles. The fourth-order valence-corrected chi connectivity index (χ4v) is 3.96. The smallest absolute Gasteiger partial charge is 0.255 e. The van der Waals surface area contributed by atoms with E-state index in [9.17, 15) is 22.0 Å². The van der Waals surface area contributed by atoms with Crippen molar-refractivity contribution >= 4 is 15.7 Å². The van der Waals surface area contributed by atoms with E-state index in [1.807, 2.05) is 0 Å². The predicted molar refractivity (Wildman–Crippen MR) is 98.6 cm³/mol. The summed E-state index contributed by atoms with van der Waals surface area (Å²) in [6, 6.07) is 5.41. The van der Waals surface area contributed by atoms with Crippen molar-refractivity contribution in [2.45, 2.75) is 50.0 Å². The molecule has 0 radical (unpaired) electrons. The Balaban J connectivity index is 0.000000397. The Labute approximate surface area is 163 Å². The fraction of sp³-hybridized carbons (Fsp3) is 0.611. The average Bonchev–Trinajstić information content (AvgIpc) is 3.18. The minimum Gasteiger partial charge on any atom is -0.346 e. The maximum atomic E-state index is 13.5. The fourth-order valence-electron chi connectivity index (χ4n) is 3.33. The van der Waals surface area contributed by atoms with E-state index in [1.165, 1.54) is 24.0 Å². The summed E-state index contributed by atoms with van der Waals surface area (Å²) in [4.78, 5) is 13.4. The summed E-state index contributed by atoms with van der Waals surface area (Å²) >= 11 is 0. The number of sulfone groups is 1. The van der Waals surface area contributed by atoms with E-state index in [0.717, 1.165) is 6.26 Å². The van der Waals surface area contributed by atoms with Gasteiger partial charge in [0.05, 0.1) is 17.5 Å². The average molecular weight is 420 g/mol. The van der Waals surface area contributed by atoms with Crippen molar-refractivity contribution in [1.82, 2.24) is 10.2 Å². The second kappa shape index (κ2) is 8.81. The van der Waals surface area contributed by atoms with Crippen LogP contribution in [0.2, 0.25) is 0 Å². The van der Waals surface area contributed by atoms with Crippen molar-refractivity contribution in [2.24, 2.45) is 0 Å².